The van der Waals surface area contributed by atoms with Gasteiger partial charge in [-0.15, -0.1) is 0 Å². The van der Waals surface area contributed by atoms with E-state index >= 15 is 0 Å². The van der Waals surface area contributed by atoms with E-state index in [0.29, 0.717) is 15.8 Å². The molecule has 2 N–H and O–H groups in total. The van der Waals surface area contributed by atoms with Crippen molar-refractivity contribution in [2.75, 3.05) is 20.7 Å². The van der Waals surface area contributed by atoms with Crippen LogP contribution in [0.25, 0.3) is 0 Å². The summed E-state index contributed by atoms with van der Waals surface area (Å²) in [6.07, 6.45) is 0. The summed E-state index contributed by atoms with van der Waals surface area (Å²) in [5.74, 6) is -0.181. The largest absolute Gasteiger partial charge is 0.496 e. The molecule has 6 heteroatoms. The van der Waals surface area contributed by atoms with Crippen molar-refractivity contribution in [1.29, 1.82) is 0 Å². The molecule has 0 spiro atoms. The Balaban J connectivity index is 2.89. The van der Waals surface area contributed by atoms with Gasteiger partial charge in [0.15, 0.2) is 0 Å². The van der Waals surface area contributed by atoms with Crippen LogP contribution in [0.1, 0.15) is 10.4 Å². The van der Waals surface area contributed by atoms with Gasteiger partial charge < -0.3 is 15.4 Å². The first-order valence-corrected chi connectivity index (χ1v) is 5.62. The van der Waals surface area contributed by atoms with Gasteiger partial charge in [0.2, 0.25) is 5.91 Å². The molecule has 0 aromatic heterocycles. The van der Waals surface area contributed by atoms with E-state index < -0.39 is 5.91 Å². The molecule has 17 heavy (non-hydrogen) atoms. The van der Waals surface area contributed by atoms with Gasteiger partial charge in [-0.25, -0.2) is 0 Å². The number of nitrogens with two attached hydrogens (primary N) is 1. The zero-order valence-electron chi connectivity index (χ0n) is 9.57. The van der Waals surface area contributed by atoms with Crippen molar-refractivity contribution in [2.45, 2.75) is 0 Å². The Kier molecular flexibility index (Phi) is 4.51. The third kappa shape index (κ3) is 3.45. The van der Waals surface area contributed by atoms with Crippen molar-refractivity contribution in [1.82, 2.24) is 4.90 Å². The molecule has 0 aliphatic rings. The summed E-state index contributed by atoms with van der Waals surface area (Å²) in [5.41, 5.74) is 5.48. The number of rotatable bonds is 4. The van der Waals surface area contributed by atoms with Crippen LogP contribution < -0.4 is 10.5 Å². The Labute approximate surface area is 108 Å². The highest BCUT2D eigenvalue weighted by atomic mass is 79.9. The van der Waals surface area contributed by atoms with Gasteiger partial charge in [0.25, 0.3) is 5.91 Å². The van der Waals surface area contributed by atoms with Crippen LogP contribution in [0.5, 0.6) is 5.75 Å². The fraction of sp³-hybridized carbons (Fsp3) is 0.273. The number of hydrogen-bond acceptors (Lipinski definition) is 3. The normalized spacial score (nSPS) is 9.82. The first-order valence-electron chi connectivity index (χ1n) is 4.83. The molecule has 1 aromatic carbocycles. The van der Waals surface area contributed by atoms with Crippen molar-refractivity contribution in [3.8, 4) is 5.75 Å². The Morgan fingerprint density at radius 2 is 2.12 bits per heavy atom. The van der Waals surface area contributed by atoms with Crippen molar-refractivity contribution >= 4 is 27.7 Å². The van der Waals surface area contributed by atoms with E-state index in [1.165, 1.54) is 11.9 Å². The molecular weight excluding hydrogens is 288 g/mol. The quantitative estimate of drug-likeness (QED) is 0.902. The number of hydrogen-bond donors (Lipinski definition) is 1. The molecule has 5 nitrogen and oxygen atoms in total. The topological polar surface area (TPSA) is 72.6 Å². The highest BCUT2D eigenvalue weighted by Gasteiger charge is 2.14. The lowest BCUT2D eigenvalue weighted by molar-refractivity contribution is -0.118. The van der Waals surface area contributed by atoms with E-state index in [2.05, 4.69) is 15.9 Å². The fourth-order valence-electron chi connectivity index (χ4n) is 1.33. The van der Waals surface area contributed by atoms with Gasteiger partial charge in [-0.2, -0.15) is 0 Å². The number of amides is 2. The smallest absolute Gasteiger partial charge is 0.254 e. The maximum Gasteiger partial charge on any atom is 0.254 e. The molecule has 0 saturated heterocycles. The molecular formula is C11H13BrN2O3. The van der Waals surface area contributed by atoms with Crippen molar-refractivity contribution in [3.63, 3.8) is 0 Å². The molecule has 1 aromatic rings. The summed E-state index contributed by atoms with van der Waals surface area (Å²) in [7, 11) is 3.06. The summed E-state index contributed by atoms with van der Waals surface area (Å²) in [6, 6.07) is 4.94. The Hall–Kier alpha value is -1.56. The second-order valence-electron chi connectivity index (χ2n) is 3.48. The van der Waals surface area contributed by atoms with Crippen LogP contribution in [0.2, 0.25) is 0 Å². The average molecular weight is 301 g/mol. The molecule has 0 fully saturated rings. The highest BCUT2D eigenvalue weighted by molar-refractivity contribution is 9.10. The lowest BCUT2D eigenvalue weighted by Gasteiger charge is -2.15. The predicted molar refractivity (Wildman–Crippen MR) is 66.8 cm³/mol. The number of primary amides is 1. The van der Waals surface area contributed by atoms with Crippen LogP contribution in [0.3, 0.4) is 0 Å². The Morgan fingerprint density at radius 3 is 2.59 bits per heavy atom. The second-order valence-corrected chi connectivity index (χ2v) is 4.33. The van der Waals surface area contributed by atoms with Crippen LogP contribution in [0, 0.1) is 0 Å². The second kappa shape index (κ2) is 5.67. The zero-order valence-corrected chi connectivity index (χ0v) is 11.2. The summed E-state index contributed by atoms with van der Waals surface area (Å²) >= 11 is 3.29. The minimum atomic E-state index is -0.548. The number of benzene rings is 1. The van der Waals surface area contributed by atoms with Gasteiger partial charge in [-0.05, 0) is 34.1 Å². The van der Waals surface area contributed by atoms with Crippen LogP contribution in [0.4, 0.5) is 0 Å². The molecule has 0 unspecified atom stereocenters. The van der Waals surface area contributed by atoms with E-state index in [4.69, 9.17) is 10.5 Å². The number of carbonyl (C=O) groups excluding carboxylic acids is 2. The molecule has 0 saturated carbocycles. The monoisotopic (exact) mass is 300 g/mol. The molecule has 0 atom stereocenters. The molecule has 0 aliphatic heterocycles. The third-order valence-electron chi connectivity index (χ3n) is 2.14. The highest BCUT2D eigenvalue weighted by Crippen LogP contribution is 2.25. The van der Waals surface area contributed by atoms with Crippen LogP contribution >= 0.6 is 15.9 Å². The van der Waals surface area contributed by atoms with Crippen molar-refractivity contribution < 1.29 is 14.3 Å². The maximum atomic E-state index is 11.9. The fourth-order valence-corrected chi connectivity index (χ4v) is 1.87. The lowest BCUT2D eigenvalue weighted by Crippen LogP contribution is -2.35. The first-order chi connectivity index (χ1) is 7.95. The van der Waals surface area contributed by atoms with E-state index in [1.807, 2.05) is 0 Å². The number of methoxy groups -OCH3 is 1. The van der Waals surface area contributed by atoms with Crippen molar-refractivity contribution in [2.24, 2.45) is 5.73 Å². The summed E-state index contributed by atoms with van der Waals surface area (Å²) < 4.78 is 5.74. The molecule has 2 amide bonds. The van der Waals surface area contributed by atoms with E-state index in [-0.39, 0.29) is 12.5 Å². The van der Waals surface area contributed by atoms with Gasteiger partial charge >= 0.3 is 0 Å². The van der Waals surface area contributed by atoms with Gasteiger partial charge in [-0.3, -0.25) is 9.59 Å². The van der Waals surface area contributed by atoms with Gasteiger partial charge in [0, 0.05) is 12.6 Å². The number of carbonyl (C=O) groups is 2. The molecule has 1 rings (SSSR count). The summed E-state index contributed by atoms with van der Waals surface area (Å²) in [5, 5.41) is 0. The lowest BCUT2D eigenvalue weighted by atomic mass is 10.2. The predicted octanol–water partition coefficient (Wildman–Crippen LogP) is 1.01. The SMILES string of the molecule is COc1ccc(C(=O)N(C)CC(N)=O)cc1Br. The van der Waals surface area contributed by atoms with Crippen LogP contribution in [0.15, 0.2) is 22.7 Å². The minimum Gasteiger partial charge on any atom is -0.496 e. The number of likely N-dealkylation sites (N-methyl/N-ethyl adjacent to an activating group) is 1. The Bertz CT molecular complexity index is 448. The molecule has 92 valence electrons. The maximum absolute atomic E-state index is 11.9. The number of halogens is 1. The molecule has 0 heterocycles. The minimum absolute atomic E-state index is 0.109. The van der Waals surface area contributed by atoms with Gasteiger partial charge in [-0.1, -0.05) is 0 Å². The molecule has 0 aliphatic carbocycles. The van der Waals surface area contributed by atoms with Gasteiger partial charge in [0.1, 0.15) is 5.75 Å². The van der Waals surface area contributed by atoms with E-state index in [0.717, 1.165) is 0 Å². The van der Waals surface area contributed by atoms with E-state index in [1.54, 1.807) is 25.3 Å². The average Bonchev–Trinajstić information content (AvgIpc) is 2.27. The zero-order chi connectivity index (χ0) is 13.0. The number of nitrogens with zero attached hydrogens (tertiary/aromatic N) is 1. The Morgan fingerprint density at radius 1 is 1.47 bits per heavy atom. The van der Waals surface area contributed by atoms with E-state index in [9.17, 15) is 9.59 Å². The summed E-state index contributed by atoms with van der Waals surface area (Å²) in [6.45, 7) is -0.109. The third-order valence-corrected chi connectivity index (χ3v) is 2.76. The van der Waals surface area contributed by atoms with Crippen molar-refractivity contribution in [3.05, 3.63) is 28.2 Å². The molecule has 0 bridgehead atoms. The van der Waals surface area contributed by atoms with Gasteiger partial charge in [0.05, 0.1) is 18.1 Å². The first kappa shape index (κ1) is 13.5. The van der Waals surface area contributed by atoms with Crippen LogP contribution in [-0.4, -0.2) is 37.4 Å². The number of ether oxygens (including phenoxy) is 1. The van der Waals surface area contributed by atoms with Crippen LogP contribution in [-0.2, 0) is 4.79 Å². The summed E-state index contributed by atoms with van der Waals surface area (Å²) in [4.78, 5) is 23.9. The molecule has 0 radical (unpaired) electrons. The standard InChI is InChI=1S/C11H13BrN2O3/c1-14(6-10(13)15)11(16)7-3-4-9(17-2)8(12)5-7/h3-5H,6H2,1-2H3,(H2,13,15).